The lowest BCUT2D eigenvalue weighted by Crippen LogP contribution is -2.44. The molecule has 3 N–H and O–H groups in total. The van der Waals surface area contributed by atoms with E-state index in [9.17, 15) is 18.4 Å². The average molecular weight is 466 g/mol. The van der Waals surface area contributed by atoms with Crippen molar-refractivity contribution >= 4 is 11.6 Å². The average Bonchev–Trinajstić information content (AvgIpc) is 3.41. The molecule has 0 saturated carbocycles. The molecule has 0 atom stereocenters. The van der Waals surface area contributed by atoms with Crippen molar-refractivity contribution in [3.05, 3.63) is 87.3 Å². The van der Waals surface area contributed by atoms with Crippen LogP contribution in [-0.2, 0) is 13.6 Å². The zero-order valence-corrected chi connectivity index (χ0v) is 17.8. The van der Waals surface area contributed by atoms with Gasteiger partial charge in [-0.25, -0.2) is 23.7 Å². The molecule has 172 valence electrons. The molecule has 0 fully saturated rings. The summed E-state index contributed by atoms with van der Waals surface area (Å²) in [6.45, 7) is -0.326. The number of nitrogens with zero attached hydrogens (tertiary/aromatic N) is 5. The number of hydrogen-bond acceptors (Lipinski definition) is 6. The molecule has 0 spiro atoms. The number of anilines is 1. The molecule has 0 bridgehead atoms. The SMILES string of the molecule is Cn1cc(-c2c(-c3ccccc3)nc(N)[n+]3c(=O)n(Cc4ocnc4C(F)F)[nH]c23)ccc1=O. The molecule has 4 heterocycles. The number of hydrogen-bond donors (Lipinski definition) is 2. The van der Waals surface area contributed by atoms with Crippen LogP contribution in [0.4, 0.5) is 14.7 Å². The van der Waals surface area contributed by atoms with Gasteiger partial charge in [0.15, 0.2) is 17.8 Å². The molecule has 5 aromatic rings. The summed E-state index contributed by atoms with van der Waals surface area (Å²) in [5, 5.41) is 2.95. The number of benzene rings is 1. The van der Waals surface area contributed by atoms with Gasteiger partial charge in [-0.15, -0.1) is 9.38 Å². The Labute approximate surface area is 189 Å². The van der Waals surface area contributed by atoms with Crippen molar-refractivity contribution < 1.29 is 17.6 Å². The molecular formula is C22H18F2N7O3+. The number of aryl methyl sites for hydroxylation is 1. The van der Waals surface area contributed by atoms with Crippen LogP contribution in [0.3, 0.4) is 0 Å². The Hall–Kier alpha value is -4.61. The van der Waals surface area contributed by atoms with Gasteiger partial charge in [-0.2, -0.15) is 4.68 Å². The lowest BCUT2D eigenvalue weighted by atomic mass is 10.0. The number of halogens is 2. The van der Waals surface area contributed by atoms with Crippen molar-refractivity contribution in [2.24, 2.45) is 7.05 Å². The monoisotopic (exact) mass is 466 g/mol. The van der Waals surface area contributed by atoms with Crippen LogP contribution in [0.2, 0.25) is 0 Å². The summed E-state index contributed by atoms with van der Waals surface area (Å²) < 4.78 is 35.2. The Kier molecular flexibility index (Phi) is 5.04. The summed E-state index contributed by atoms with van der Waals surface area (Å²) >= 11 is 0. The number of pyridine rings is 1. The van der Waals surface area contributed by atoms with Crippen molar-refractivity contribution in [2.45, 2.75) is 13.0 Å². The second kappa shape index (κ2) is 8.06. The van der Waals surface area contributed by atoms with E-state index in [-0.39, 0.29) is 29.5 Å². The van der Waals surface area contributed by atoms with Crippen molar-refractivity contribution in [3.8, 4) is 22.4 Å². The number of aromatic amines is 1. The Morgan fingerprint density at radius 3 is 2.62 bits per heavy atom. The fraction of sp³-hybridized carbons (Fsp3) is 0.136. The van der Waals surface area contributed by atoms with Gasteiger partial charge in [-0.3, -0.25) is 4.79 Å². The maximum atomic E-state index is 13.2. The predicted molar refractivity (Wildman–Crippen MR) is 117 cm³/mol. The Morgan fingerprint density at radius 1 is 1.15 bits per heavy atom. The van der Waals surface area contributed by atoms with E-state index in [0.29, 0.717) is 16.8 Å². The quantitative estimate of drug-likeness (QED) is 0.381. The van der Waals surface area contributed by atoms with E-state index in [1.807, 2.05) is 30.3 Å². The third kappa shape index (κ3) is 3.45. The van der Waals surface area contributed by atoms with E-state index in [1.54, 1.807) is 19.3 Å². The highest BCUT2D eigenvalue weighted by Crippen LogP contribution is 2.32. The van der Waals surface area contributed by atoms with Crippen LogP contribution in [0.5, 0.6) is 0 Å². The number of H-pyrrole nitrogens is 1. The van der Waals surface area contributed by atoms with Crippen molar-refractivity contribution in [1.29, 1.82) is 0 Å². The lowest BCUT2D eigenvalue weighted by Gasteiger charge is -2.09. The Bertz CT molecular complexity index is 1630. The van der Waals surface area contributed by atoms with E-state index in [1.165, 1.54) is 10.6 Å². The summed E-state index contributed by atoms with van der Waals surface area (Å²) in [5.41, 5.74) is 7.32. The van der Waals surface area contributed by atoms with Gasteiger partial charge in [0.05, 0.1) is 5.56 Å². The number of nitrogens with one attached hydrogen (secondary N) is 1. The van der Waals surface area contributed by atoms with Crippen molar-refractivity contribution in [2.75, 3.05) is 5.73 Å². The summed E-state index contributed by atoms with van der Waals surface area (Å²) in [6.07, 6.45) is -0.348. The van der Waals surface area contributed by atoms with Crippen LogP contribution in [0.25, 0.3) is 28.0 Å². The number of fused-ring (bicyclic) bond motifs is 1. The third-order valence-corrected chi connectivity index (χ3v) is 5.42. The van der Waals surface area contributed by atoms with Gasteiger partial charge in [0, 0.05) is 30.4 Å². The smallest absolute Gasteiger partial charge is 0.428 e. The first-order chi connectivity index (χ1) is 16.3. The molecule has 10 nitrogen and oxygen atoms in total. The van der Waals surface area contributed by atoms with E-state index in [2.05, 4.69) is 15.1 Å². The second-order valence-electron chi connectivity index (χ2n) is 7.55. The summed E-state index contributed by atoms with van der Waals surface area (Å²) in [7, 11) is 1.60. The highest BCUT2D eigenvalue weighted by Gasteiger charge is 2.27. The van der Waals surface area contributed by atoms with Crippen LogP contribution in [0.1, 0.15) is 17.9 Å². The van der Waals surface area contributed by atoms with Gasteiger partial charge in [-0.1, -0.05) is 30.3 Å². The largest absolute Gasteiger partial charge is 0.445 e. The van der Waals surface area contributed by atoms with Gasteiger partial charge in [0.25, 0.3) is 6.43 Å². The normalized spacial score (nSPS) is 11.5. The molecule has 0 amide bonds. The standard InChI is InChI=1S/C22H17F2N7O3/c1-29-9-13(7-8-15(29)32)16-17(12-5-3-2-4-6-12)27-21(25)31-20(16)28-30(22(31)33)10-14-18(19(23)24)26-11-34-14/h2-9,11,19H,10H2,1H3,(H2,25,27,28)/p+1. The maximum Gasteiger partial charge on any atom is 0.428 e. The topological polar surface area (TPSA) is 129 Å². The number of oxazole rings is 1. The first-order valence-corrected chi connectivity index (χ1v) is 10.1. The molecule has 0 aliphatic rings. The van der Waals surface area contributed by atoms with Gasteiger partial charge >= 0.3 is 11.6 Å². The summed E-state index contributed by atoms with van der Waals surface area (Å²) in [4.78, 5) is 33.2. The van der Waals surface area contributed by atoms with E-state index < -0.39 is 17.8 Å². The first-order valence-electron chi connectivity index (χ1n) is 10.1. The maximum absolute atomic E-state index is 13.2. The van der Waals surface area contributed by atoms with Crippen LogP contribution < -0.4 is 21.4 Å². The number of nitrogen functional groups attached to an aromatic ring is 1. The van der Waals surface area contributed by atoms with Gasteiger partial charge in [0.2, 0.25) is 11.2 Å². The van der Waals surface area contributed by atoms with Crippen molar-refractivity contribution in [3.63, 3.8) is 0 Å². The van der Waals surface area contributed by atoms with E-state index >= 15 is 0 Å². The zero-order chi connectivity index (χ0) is 24.0. The molecular weight excluding hydrogens is 448 g/mol. The number of nitrogens with two attached hydrogens (primary N) is 1. The lowest BCUT2D eigenvalue weighted by molar-refractivity contribution is -0.516. The Balaban J connectivity index is 1.80. The molecule has 0 aliphatic heterocycles. The molecule has 0 unspecified atom stereocenters. The number of rotatable bonds is 5. The van der Waals surface area contributed by atoms with Gasteiger partial charge in [0.1, 0.15) is 12.2 Å². The molecule has 34 heavy (non-hydrogen) atoms. The van der Waals surface area contributed by atoms with Crippen molar-refractivity contribution in [1.82, 2.24) is 24.3 Å². The minimum absolute atomic E-state index is 0.103. The molecule has 1 aromatic carbocycles. The van der Waals surface area contributed by atoms with E-state index in [0.717, 1.165) is 21.0 Å². The molecule has 0 radical (unpaired) electrons. The predicted octanol–water partition coefficient (Wildman–Crippen LogP) is 1.90. The summed E-state index contributed by atoms with van der Waals surface area (Å²) in [5.74, 6) is -0.267. The Morgan fingerprint density at radius 2 is 1.91 bits per heavy atom. The highest BCUT2D eigenvalue weighted by molar-refractivity contribution is 5.88. The second-order valence-corrected chi connectivity index (χ2v) is 7.55. The fourth-order valence-corrected chi connectivity index (χ4v) is 3.80. The van der Waals surface area contributed by atoms with Crippen LogP contribution in [0.15, 0.2) is 69.1 Å². The van der Waals surface area contributed by atoms with Gasteiger partial charge in [-0.05, 0) is 6.07 Å². The van der Waals surface area contributed by atoms with Gasteiger partial charge < -0.3 is 14.7 Å². The highest BCUT2D eigenvalue weighted by atomic mass is 19.3. The zero-order valence-electron chi connectivity index (χ0n) is 17.8. The molecule has 0 aliphatic carbocycles. The number of aromatic nitrogens is 6. The van der Waals surface area contributed by atoms with E-state index in [4.69, 9.17) is 10.2 Å². The molecule has 12 heteroatoms. The first kappa shape index (κ1) is 21.2. The number of alkyl halides is 2. The van der Waals surface area contributed by atoms with Crippen LogP contribution in [0, 0.1) is 0 Å². The van der Waals surface area contributed by atoms with Crippen LogP contribution >= 0.6 is 0 Å². The third-order valence-electron chi connectivity index (χ3n) is 5.42. The minimum Gasteiger partial charge on any atom is -0.445 e. The molecule has 0 saturated heterocycles. The fourth-order valence-electron chi connectivity index (χ4n) is 3.80. The summed E-state index contributed by atoms with van der Waals surface area (Å²) in [6, 6.07) is 12.2. The van der Waals surface area contributed by atoms with Crippen LogP contribution in [-0.4, -0.2) is 24.3 Å². The molecule has 4 aromatic heterocycles. The minimum atomic E-state index is -2.86. The molecule has 5 rings (SSSR count).